The van der Waals surface area contributed by atoms with E-state index in [1.54, 1.807) is 0 Å². The molecule has 0 heterocycles. The lowest BCUT2D eigenvalue weighted by atomic mass is 10.1. The maximum atomic E-state index is 13.3. The van der Waals surface area contributed by atoms with E-state index >= 15 is 0 Å². The predicted molar refractivity (Wildman–Crippen MR) is 74.8 cm³/mol. The Hall–Kier alpha value is -2.27. The molecule has 0 radical (unpaired) electrons. The van der Waals surface area contributed by atoms with Gasteiger partial charge in [-0.1, -0.05) is 29.8 Å². The molecule has 1 N–H and O–H groups in total. The van der Waals surface area contributed by atoms with E-state index in [4.69, 9.17) is 0 Å². The number of nitro benzene ring substituents is 1. The van der Waals surface area contributed by atoms with Gasteiger partial charge in [0.1, 0.15) is 5.82 Å². The molecule has 104 valence electrons. The molecule has 0 atom stereocenters. The third-order valence-corrected chi connectivity index (χ3v) is 2.89. The summed E-state index contributed by atoms with van der Waals surface area (Å²) < 4.78 is 13.3. The van der Waals surface area contributed by atoms with Crippen molar-refractivity contribution in [2.24, 2.45) is 0 Å². The molecule has 0 bridgehead atoms. The number of nitrogens with one attached hydrogen (secondary N) is 1. The number of benzene rings is 2. The van der Waals surface area contributed by atoms with Crippen molar-refractivity contribution in [3.63, 3.8) is 0 Å². The molecule has 0 aliphatic carbocycles. The molecule has 20 heavy (non-hydrogen) atoms. The molecule has 0 unspecified atom stereocenters. The van der Waals surface area contributed by atoms with Gasteiger partial charge in [0.25, 0.3) is 5.69 Å². The second-order valence-electron chi connectivity index (χ2n) is 4.67. The number of nitrogens with zero attached hydrogens (tertiary/aromatic N) is 1. The molecule has 0 saturated carbocycles. The molecule has 2 aromatic rings. The molecule has 4 nitrogen and oxygen atoms in total. The minimum atomic E-state index is -0.591. The lowest BCUT2D eigenvalue weighted by molar-refractivity contribution is -0.385. The first kappa shape index (κ1) is 14.1. The molecule has 0 fully saturated rings. The van der Waals surface area contributed by atoms with E-state index in [9.17, 15) is 14.5 Å². The molecular formula is C15H15FN2O2. The largest absolute Gasteiger partial charge is 0.309 e. The Labute approximate surface area is 116 Å². The van der Waals surface area contributed by atoms with Gasteiger partial charge in [0.05, 0.1) is 11.0 Å². The molecule has 0 saturated heterocycles. The van der Waals surface area contributed by atoms with Crippen LogP contribution in [0.25, 0.3) is 0 Å². The third kappa shape index (κ3) is 3.86. The van der Waals surface area contributed by atoms with Crippen LogP contribution in [0.4, 0.5) is 10.1 Å². The lowest BCUT2D eigenvalue weighted by Crippen LogP contribution is -2.13. The number of hydrogen-bond acceptors (Lipinski definition) is 3. The summed E-state index contributed by atoms with van der Waals surface area (Å²) in [5.41, 5.74) is 2.63. The van der Waals surface area contributed by atoms with Gasteiger partial charge in [-0.15, -0.1) is 0 Å². The van der Waals surface area contributed by atoms with Gasteiger partial charge < -0.3 is 5.32 Å². The Balaban J connectivity index is 1.99. The predicted octanol–water partition coefficient (Wildman–Crippen LogP) is 3.33. The van der Waals surface area contributed by atoms with Gasteiger partial charge in [0.15, 0.2) is 0 Å². The zero-order valence-electron chi connectivity index (χ0n) is 11.1. The van der Waals surface area contributed by atoms with E-state index in [0.29, 0.717) is 18.7 Å². The van der Waals surface area contributed by atoms with Crippen molar-refractivity contribution >= 4 is 5.69 Å². The summed E-state index contributed by atoms with van der Waals surface area (Å²) in [6, 6.07) is 11.6. The first-order valence-electron chi connectivity index (χ1n) is 6.25. The van der Waals surface area contributed by atoms with Crippen molar-refractivity contribution in [1.82, 2.24) is 5.32 Å². The summed E-state index contributed by atoms with van der Waals surface area (Å²) in [6.07, 6.45) is 0. The number of hydrogen-bond donors (Lipinski definition) is 1. The molecular weight excluding hydrogens is 259 g/mol. The monoisotopic (exact) mass is 274 g/mol. The van der Waals surface area contributed by atoms with Crippen molar-refractivity contribution < 1.29 is 9.31 Å². The Morgan fingerprint density at radius 2 is 1.90 bits per heavy atom. The number of nitro groups is 1. The standard InChI is InChI=1S/C15H15FN2O2/c1-11-3-2-4-12(5-11)9-17-10-13-6-14(16)8-15(7-13)18(19)20/h2-8,17H,9-10H2,1H3. The van der Waals surface area contributed by atoms with Gasteiger partial charge in [-0.05, 0) is 24.1 Å². The van der Waals surface area contributed by atoms with Gasteiger partial charge >= 0.3 is 0 Å². The number of rotatable bonds is 5. The molecule has 0 amide bonds. The third-order valence-electron chi connectivity index (χ3n) is 2.89. The first-order valence-corrected chi connectivity index (χ1v) is 6.25. The van der Waals surface area contributed by atoms with Crippen LogP contribution in [0.1, 0.15) is 16.7 Å². The summed E-state index contributed by atoms with van der Waals surface area (Å²) in [6.45, 7) is 3.03. The van der Waals surface area contributed by atoms with Gasteiger partial charge in [-0.3, -0.25) is 10.1 Å². The highest BCUT2D eigenvalue weighted by molar-refractivity contribution is 5.35. The summed E-state index contributed by atoms with van der Waals surface area (Å²) in [5, 5.41) is 13.8. The van der Waals surface area contributed by atoms with Crippen LogP contribution < -0.4 is 5.32 Å². The fraction of sp³-hybridized carbons (Fsp3) is 0.200. The fourth-order valence-corrected chi connectivity index (χ4v) is 2.01. The van der Waals surface area contributed by atoms with Crippen LogP contribution in [0.5, 0.6) is 0 Å². The minimum absolute atomic E-state index is 0.225. The van der Waals surface area contributed by atoms with E-state index in [1.165, 1.54) is 17.7 Å². The maximum Gasteiger partial charge on any atom is 0.272 e. The quantitative estimate of drug-likeness (QED) is 0.672. The van der Waals surface area contributed by atoms with Gasteiger partial charge in [0, 0.05) is 19.2 Å². The van der Waals surface area contributed by atoms with Crippen molar-refractivity contribution in [3.8, 4) is 0 Å². The van der Waals surface area contributed by atoms with Gasteiger partial charge in [-0.25, -0.2) is 4.39 Å². The second kappa shape index (κ2) is 6.25. The molecule has 0 aliphatic rings. The summed E-state index contributed by atoms with van der Waals surface area (Å²) >= 11 is 0. The Morgan fingerprint density at radius 1 is 1.15 bits per heavy atom. The van der Waals surface area contributed by atoms with Crippen molar-refractivity contribution in [3.05, 3.63) is 75.1 Å². The number of halogens is 1. The number of non-ortho nitro benzene ring substituents is 1. The summed E-state index contributed by atoms with van der Waals surface area (Å²) in [5.74, 6) is -0.591. The van der Waals surface area contributed by atoms with Crippen LogP contribution >= 0.6 is 0 Å². The van der Waals surface area contributed by atoms with Crippen LogP contribution in [0, 0.1) is 22.9 Å². The smallest absolute Gasteiger partial charge is 0.272 e. The number of aryl methyl sites for hydroxylation is 1. The Morgan fingerprint density at radius 3 is 2.60 bits per heavy atom. The average molecular weight is 274 g/mol. The van der Waals surface area contributed by atoms with Crippen molar-refractivity contribution in [1.29, 1.82) is 0 Å². The van der Waals surface area contributed by atoms with Crippen LogP contribution in [0.2, 0.25) is 0 Å². The molecule has 0 aliphatic heterocycles. The normalized spacial score (nSPS) is 10.5. The SMILES string of the molecule is Cc1cccc(CNCc2cc(F)cc([N+](=O)[O-])c2)c1. The van der Waals surface area contributed by atoms with Gasteiger partial charge in [-0.2, -0.15) is 0 Å². The van der Waals surface area contributed by atoms with Crippen molar-refractivity contribution in [2.45, 2.75) is 20.0 Å². The van der Waals surface area contributed by atoms with E-state index in [-0.39, 0.29) is 5.69 Å². The zero-order chi connectivity index (χ0) is 14.5. The second-order valence-corrected chi connectivity index (χ2v) is 4.67. The van der Waals surface area contributed by atoms with Crippen LogP contribution in [0.15, 0.2) is 42.5 Å². The van der Waals surface area contributed by atoms with Crippen LogP contribution in [-0.4, -0.2) is 4.92 Å². The maximum absolute atomic E-state index is 13.3. The average Bonchev–Trinajstić information content (AvgIpc) is 2.38. The van der Waals surface area contributed by atoms with Crippen LogP contribution in [-0.2, 0) is 13.1 Å². The fourth-order valence-electron chi connectivity index (χ4n) is 2.01. The zero-order valence-corrected chi connectivity index (χ0v) is 11.1. The van der Waals surface area contributed by atoms with Gasteiger partial charge in [0.2, 0.25) is 0 Å². The molecule has 0 spiro atoms. The minimum Gasteiger partial charge on any atom is -0.309 e. The van der Waals surface area contributed by atoms with Crippen molar-refractivity contribution in [2.75, 3.05) is 0 Å². The highest BCUT2D eigenvalue weighted by Gasteiger charge is 2.09. The Bertz CT molecular complexity index is 629. The molecule has 2 rings (SSSR count). The lowest BCUT2D eigenvalue weighted by Gasteiger charge is -2.06. The van der Waals surface area contributed by atoms with E-state index in [2.05, 4.69) is 11.4 Å². The Kier molecular flexibility index (Phi) is 4.42. The van der Waals surface area contributed by atoms with E-state index in [0.717, 1.165) is 11.6 Å². The summed E-state index contributed by atoms with van der Waals surface area (Å²) in [4.78, 5) is 10.1. The highest BCUT2D eigenvalue weighted by atomic mass is 19.1. The highest BCUT2D eigenvalue weighted by Crippen LogP contribution is 2.16. The topological polar surface area (TPSA) is 55.2 Å². The van der Waals surface area contributed by atoms with Crippen LogP contribution in [0.3, 0.4) is 0 Å². The summed E-state index contributed by atoms with van der Waals surface area (Å²) in [7, 11) is 0. The van der Waals surface area contributed by atoms with E-state index in [1.807, 2.05) is 25.1 Å². The molecule has 2 aromatic carbocycles. The van der Waals surface area contributed by atoms with E-state index < -0.39 is 10.7 Å². The molecule has 0 aromatic heterocycles. The molecule has 5 heteroatoms. The first-order chi connectivity index (χ1) is 9.54.